The molecule has 1 N–H and O–H groups in total. The average molecular weight is 309 g/mol. The van der Waals surface area contributed by atoms with E-state index in [1.54, 1.807) is 12.3 Å². The van der Waals surface area contributed by atoms with E-state index in [4.69, 9.17) is 0 Å². The first-order valence-electron chi connectivity index (χ1n) is 4.79. The Bertz CT molecular complexity index is 553. The van der Waals surface area contributed by atoms with Crippen molar-refractivity contribution in [2.24, 2.45) is 0 Å². The number of hydrogen-bond donors (Lipinski definition) is 1. The quantitative estimate of drug-likeness (QED) is 0.690. The van der Waals surface area contributed by atoms with E-state index in [9.17, 15) is 18.0 Å². The molecule has 0 unspecified atom stereocenters. The molecule has 102 valence electrons. The van der Waals surface area contributed by atoms with Crippen molar-refractivity contribution < 1.29 is 18.0 Å². The molecule has 0 atom stereocenters. The molecular formula is C8H6F3N5OS2. The maximum Gasteiger partial charge on any atom is 0.448 e. The molecule has 0 bridgehead atoms. The van der Waals surface area contributed by atoms with Gasteiger partial charge in [-0.2, -0.15) is 18.3 Å². The van der Waals surface area contributed by atoms with Crippen LogP contribution in [0.1, 0.15) is 0 Å². The maximum absolute atomic E-state index is 12.1. The third kappa shape index (κ3) is 4.52. The number of thioether (sulfide) groups is 1. The first-order chi connectivity index (χ1) is 8.92. The van der Waals surface area contributed by atoms with Crippen LogP contribution in [-0.4, -0.2) is 31.4 Å². The summed E-state index contributed by atoms with van der Waals surface area (Å²) in [6.45, 7) is -0.0473. The summed E-state index contributed by atoms with van der Waals surface area (Å²) >= 11 is 0.290. The van der Waals surface area contributed by atoms with Crippen LogP contribution >= 0.6 is 23.1 Å². The summed E-state index contributed by atoms with van der Waals surface area (Å²) in [6, 6.07) is 1.65. The first kappa shape index (κ1) is 13.8. The van der Waals surface area contributed by atoms with Crippen LogP contribution in [0, 0.1) is 0 Å². The SMILES string of the molecule is O=C(Cn1cccn1)Nc1nnc(SC(F)(F)F)s1. The van der Waals surface area contributed by atoms with Crippen molar-refractivity contribution in [1.29, 1.82) is 0 Å². The molecule has 2 aromatic rings. The minimum Gasteiger partial charge on any atom is -0.299 e. The molecule has 1 amide bonds. The number of halogens is 3. The zero-order chi connectivity index (χ0) is 13.9. The molecule has 0 aromatic carbocycles. The Balaban J connectivity index is 1.91. The second-order valence-electron chi connectivity index (χ2n) is 3.17. The van der Waals surface area contributed by atoms with Crippen LogP contribution in [0.15, 0.2) is 22.8 Å². The fourth-order valence-corrected chi connectivity index (χ4v) is 2.56. The number of aromatic nitrogens is 4. The van der Waals surface area contributed by atoms with Gasteiger partial charge in [-0.15, -0.1) is 10.2 Å². The van der Waals surface area contributed by atoms with Gasteiger partial charge in [-0.25, -0.2) is 0 Å². The van der Waals surface area contributed by atoms with Crippen LogP contribution in [0.3, 0.4) is 0 Å². The molecule has 0 fully saturated rings. The highest BCUT2D eigenvalue weighted by molar-refractivity contribution is 8.01. The van der Waals surface area contributed by atoms with Crippen LogP contribution < -0.4 is 5.32 Å². The van der Waals surface area contributed by atoms with Gasteiger partial charge in [-0.3, -0.25) is 14.8 Å². The zero-order valence-corrected chi connectivity index (χ0v) is 10.7. The lowest BCUT2D eigenvalue weighted by atomic mass is 10.6. The molecule has 0 aliphatic rings. The first-order valence-corrected chi connectivity index (χ1v) is 6.42. The lowest BCUT2D eigenvalue weighted by Gasteiger charge is -2.01. The molecule has 11 heteroatoms. The topological polar surface area (TPSA) is 72.7 Å². The highest BCUT2D eigenvalue weighted by atomic mass is 32.2. The predicted molar refractivity (Wildman–Crippen MR) is 62.7 cm³/mol. The molecule has 6 nitrogen and oxygen atoms in total. The van der Waals surface area contributed by atoms with Crippen molar-refractivity contribution in [3.05, 3.63) is 18.5 Å². The summed E-state index contributed by atoms with van der Waals surface area (Å²) in [4.78, 5) is 11.5. The normalized spacial score (nSPS) is 11.5. The van der Waals surface area contributed by atoms with Crippen molar-refractivity contribution in [3.8, 4) is 0 Å². The van der Waals surface area contributed by atoms with Crippen molar-refractivity contribution in [2.75, 3.05) is 5.32 Å². The molecule has 0 aliphatic heterocycles. The summed E-state index contributed by atoms with van der Waals surface area (Å²) in [7, 11) is 0. The van der Waals surface area contributed by atoms with Crippen molar-refractivity contribution in [3.63, 3.8) is 0 Å². The van der Waals surface area contributed by atoms with E-state index in [0.717, 1.165) is 0 Å². The summed E-state index contributed by atoms with van der Waals surface area (Å²) in [5.41, 5.74) is -4.42. The van der Waals surface area contributed by atoms with Crippen LogP contribution in [0.25, 0.3) is 0 Å². The Morgan fingerprint density at radius 2 is 2.26 bits per heavy atom. The van der Waals surface area contributed by atoms with Crippen molar-refractivity contribution in [2.45, 2.75) is 16.4 Å². The number of amides is 1. The third-order valence-electron chi connectivity index (χ3n) is 1.72. The number of nitrogens with one attached hydrogen (secondary N) is 1. The number of anilines is 1. The van der Waals surface area contributed by atoms with Gasteiger partial charge in [0.25, 0.3) is 0 Å². The van der Waals surface area contributed by atoms with Crippen molar-refractivity contribution in [1.82, 2.24) is 20.0 Å². The standard InChI is InChI=1S/C8H6F3N5OS2/c9-8(10,11)19-7-15-14-6(18-7)13-5(17)4-16-3-1-2-12-16/h1-3H,4H2,(H,13,14,17). The van der Waals surface area contributed by atoms with Gasteiger partial charge in [0.15, 0.2) is 4.34 Å². The summed E-state index contributed by atoms with van der Waals surface area (Å²) in [6.07, 6.45) is 3.10. The van der Waals surface area contributed by atoms with Gasteiger partial charge in [0, 0.05) is 24.2 Å². The van der Waals surface area contributed by atoms with Crippen LogP contribution in [0.2, 0.25) is 0 Å². The van der Waals surface area contributed by atoms with E-state index >= 15 is 0 Å². The Hall–Kier alpha value is -1.62. The van der Waals surface area contributed by atoms with Gasteiger partial charge in [-0.1, -0.05) is 11.3 Å². The van der Waals surface area contributed by atoms with E-state index in [1.165, 1.54) is 10.9 Å². The van der Waals surface area contributed by atoms with Gasteiger partial charge in [0.1, 0.15) is 6.54 Å². The van der Waals surface area contributed by atoms with Gasteiger partial charge >= 0.3 is 5.51 Å². The largest absolute Gasteiger partial charge is 0.448 e. The number of nitrogens with zero attached hydrogens (tertiary/aromatic N) is 4. The molecule has 0 aliphatic carbocycles. The minimum atomic E-state index is -4.42. The summed E-state index contributed by atoms with van der Waals surface area (Å²) in [5.74, 6) is -0.441. The molecule has 0 spiro atoms. The highest BCUT2D eigenvalue weighted by Crippen LogP contribution is 2.38. The molecule has 19 heavy (non-hydrogen) atoms. The second-order valence-corrected chi connectivity index (χ2v) is 5.46. The number of hydrogen-bond acceptors (Lipinski definition) is 6. The number of carbonyl (C=O) groups excluding carboxylic acids is 1. The molecule has 0 radical (unpaired) electrons. The van der Waals surface area contributed by atoms with Crippen LogP contribution in [0.5, 0.6) is 0 Å². The molecule has 2 heterocycles. The fraction of sp³-hybridized carbons (Fsp3) is 0.250. The lowest BCUT2D eigenvalue weighted by Crippen LogP contribution is -2.18. The van der Waals surface area contributed by atoms with Gasteiger partial charge in [0.2, 0.25) is 11.0 Å². The average Bonchev–Trinajstić information content (AvgIpc) is 2.88. The Morgan fingerprint density at radius 3 is 2.89 bits per heavy atom. The fourth-order valence-electron chi connectivity index (χ4n) is 1.10. The maximum atomic E-state index is 12.1. The van der Waals surface area contributed by atoms with E-state index in [1.807, 2.05) is 0 Å². The van der Waals surface area contributed by atoms with Gasteiger partial charge in [0.05, 0.1) is 0 Å². The minimum absolute atomic E-state index is 0.0175. The number of rotatable bonds is 4. The van der Waals surface area contributed by atoms with E-state index < -0.39 is 11.4 Å². The summed E-state index contributed by atoms with van der Waals surface area (Å²) in [5, 5.41) is 13.0. The number of alkyl halides is 3. The molecule has 0 saturated heterocycles. The molecule has 2 aromatic heterocycles. The highest BCUT2D eigenvalue weighted by Gasteiger charge is 2.31. The monoisotopic (exact) mass is 309 g/mol. The van der Waals surface area contributed by atoms with Gasteiger partial charge in [-0.05, 0) is 6.07 Å². The second kappa shape index (κ2) is 5.57. The Kier molecular flexibility index (Phi) is 4.04. The smallest absolute Gasteiger partial charge is 0.299 e. The van der Waals surface area contributed by atoms with E-state index in [0.29, 0.717) is 11.3 Å². The Morgan fingerprint density at radius 1 is 1.47 bits per heavy atom. The number of carbonyl (C=O) groups is 1. The van der Waals surface area contributed by atoms with Gasteiger partial charge < -0.3 is 0 Å². The van der Waals surface area contributed by atoms with Crippen LogP contribution in [0.4, 0.5) is 18.3 Å². The molecule has 0 saturated carbocycles. The van der Waals surface area contributed by atoms with Crippen molar-refractivity contribution >= 4 is 34.1 Å². The Labute approximate surface area is 113 Å². The van der Waals surface area contributed by atoms with E-state index in [-0.39, 0.29) is 27.8 Å². The third-order valence-corrected chi connectivity index (χ3v) is 3.34. The van der Waals surface area contributed by atoms with E-state index in [2.05, 4.69) is 20.6 Å². The summed E-state index contributed by atoms with van der Waals surface area (Å²) < 4.78 is 37.3. The zero-order valence-electron chi connectivity index (χ0n) is 9.09. The predicted octanol–water partition coefficient (Wildman–Crippen LogP) is 1.99. The van der Waals surface area contributed by atoms with Crippen LogP contribution in [-0.2, 0) is 11.3 Å². The molecule has 2 rings (SSSR count). The lowest BCUT2D eigenvalue weighted by molar-refractivity contribution is -0.116. The molecular weight excluding hydrogens is 303 g/mol.